The highest BCUT2D eigenvalue weighted by Crippen LogP contribution is 2.44. The average Bonchev–Trinajstić information content (AvgIpc) is 3.24. The van der Waals surface area contributed by atoms with E-state index in [4.69, 9.17) is 10.1 Å². The zero-order valence-electron chi connectivity index (χ0n) is 16.9. The number of para-hydroxylation sites is 1. The van der Waals surface area contributed by atoms with E-state index in [0.717, 1.165) is 43.7 Å². The Hall–Kier alpha value is -2.84. The number of benzene rings is 2. The lowest BCUT2D eigenvalue weighted by Gasteiger charge is -2.17. The first-order chi connectivity index (χ1) is 14.5. The lowest BCUT2D eigenvalue weighted by Crippen LogP contribution is -2.15. The first-order valence-corrected chi connectivity index (χ1v) is 11.5. The van der Waals surface area contributed by atoms with Crippen molar-refractivity contribution in [1.82, 2.24) is 14.8 Å². The number of thioether (sulfide) groups is 1. The largest absolute Gasteiger partial charge is 0.378 e. The van der Waals surface area contributed by atoms with E-state index in [1.165, 1.54) is 0 Å². The Morgan fingerprint density at radius 1 is 1.13 bits per heavy atom. The highest BCUT2D eigenvalue weighted by molar-refractivity contribution is 8.00. The first kappa shape index (κ1) is 19.1. The summed E-state index contributed by atoms with van der Waals surface area (Å²) in [6.45, 7) is 2.00. The van der Waals surface area contributed by atoms with E-state index in [2.05, 4.69) is 40.5 Å². The van der Waals surface area contributed by atoms with Gasteiger partial charge >= 0.3 is 0 Å². The minimum atomic E-state index is -0.0177. The van der Waals surface area contributed by atoms with Crippen LogP contribution in [0.4, 0.5) is 11.5 Å². The molecule has 1 aliphatic rings. The minimum absolute atomic E-state index is 0.0177. The van der Waals surface area contributed by atoms with Gasteiger partial charge in [-0.3, -0.25) is 4.79 Å². The van der Waals surface area contributed by atoms with Crippen LogP contribution in [0.2, 0.25) is 0 Å². The van der Waals surface area contributed by atoms with E-state index in [9.17, 15) is 4.79 Å². The van der Waals surface area contributed by atoms with Crippen LogP contribution in [0.3, 0.4) is 0 Å². The van der Waals surface area contributed by atoms with Gasteiger partial charge in [0.25, 0.3) is 0 Å². The SMILES string of the molecule is Cc1nn(-c2nc3ccccc3s2)c2c1[C@H](c1ccc(N(C)C)cc1)SCC(=O)N2. The van der Waals surface area contributed by atoms with E-state index in [1.54, 1.807) is 27.8 Å². The number of aromatic nitrogens is 3. The molecular weight excluding hydrogens is 414 g/mol. The van der Waals surface area contributed by atoms with E-state index in [-0.39, 0.29) is 11.2 Å². The van der Waals surface area contributed by atoms with Gasteiger partial charge in [-0.25, -0.2) is 4.98 Å². The van der Waals surface area contributed by atoms with Crippen molar-refractivity contribution in [1.29, 1.82) is 0 Å². The molecule has 30 heavy (non-hydrogen) atoms. The molecular formula is C22H21N5OS2. The maximum Gasteiger partial charge on any atom is 0.235 e. The van der Waals surface area contributed by atoms with Crippen molar-refractivity contribution in [3.63, 3.8) is 0 Å². The Morgan fingerprint density at radius 2 is 1.90 bits per heavy atom. The number of hydrogen-bond acceptors (Lipinski definition) is 6. The fourth-order valence-electron chi connectivity index (χ4n) is 3.68. The Morgan fingerprint density at radius 3 is 2.63 bits per heavy atom. The summed E-state index contributed by atoms with van der Waals surface area (Å²) in [4.78, 5) is 19.4. The first-order valence-electron chi connectivity index (χ1n) is 9.65. The molecule has 6 nitrogen and oxygen atoms in total. The van der Waals surface area contributed by atoms with Crippen molar-refractivity contribution in [2.45, 2.75) is 12.2 Å². The summed E-state index contributed by atoms with van der Waals surface area (Å²) in [6.07, 6.45) is 0. The summed E-state index contributed by atoms with van der Waals surface area (Å²) in [5.74, 6) is 1.10. The lowest BCUT2D eigenvalue weighted by atomic mass is 10.0. The number of nitrogens with one attached hydrogen (secondary N) is 1. The molecule has 1 N–H and O–H groups in total. The molecule has 152 valence electrons. The van der Waals surface area contributed by atoms with Crippen LogP contribution in [0.1, 0.15) is 22.1 Å². The van der Waals surface area contributed by atoms with Crippen LogP contribution >= 0.6 is 23.1 Å². The van der Waals surface area contributed by atoms with Crippen LogP contribution in [-0.4, -0.2) is 40.5 Å². The third-order valence-electron chi connectivity index (χ3n) is 5.18. The van der Waals surface area contributed by atoms with Gasteiger partial charge in [-0.1, -0.05) is 35.6 Å². The highest BCUT2D eigenvalue weighted by atomic mass is 32.2. The summed E-state index contributed by atoms with van der Waals surface area (Å²) < 4.78 is 2.89. The van der Waals surface area contributed by atoms with Gasteiger partial charge in [-0.2, -0.15) is 9.78 Å². The van der Waals surface area contributed by atoms with Crippen LogP contribution in [0, 0.1) is 6.92 Å². The molecule has 3 heterocycles. The summed E-state index contributed by atoms with van der Waals surface area (Å²) >= 11 is 3.21. The molecule has 5 rings (SSSR count). The number of fused-ring (bicyclic) bond motifs is 2. The molecule has 0 aliphatic carbocycles. The normalized spacial score (nSPS) is 16.2. The van der Waals surface area contributed by atoms with Gasteiger partial charge in [-0.05, 0) is 36.8 Å². The number of anilines is 2. The lowest BCUT2D eigenvalue weighted by molar-refractivity contribution is -0.113. The highest BCUT2D eigenvalue weighted by Gasteiger charge is 2.31. The minimum Gasteiger partial charge on any atom is -0.378 e. The second kappa shape index (κ2) is 7.45. The Balaban J connectivity index is 1.64. The average molecular weight is 436 g/mol. The molecule has 0 spiro atoms. The second-order valence-corrected chi connectivity index (χ2v) is 9.55. The molecule has 0 saturated carbocycles. The number of carbonyl (C=O) groups excluding carboxylic acids is 1. The van der Waals surface area contributed by atoms with Gasteiger partial charge in [0.15, 0.2) is 0 Å². The zero-order chi connectivity index (χ0) is 20.8. The molecule has 0 radical (unpaired) electrons. The predicted molar refractivity (Wildman–Crippen MR) is 125 cm³/mol. The molecule has 8 heteroatoms. The van der Waals surface area contributed by atoms with Gasteiger partial charge in [-0.15, -0.1) is 11.8 Å². The molecule has 2 aromatic heterocycles. The third kappa shape index (κ3) is 3.26. The van der Waals surface area contributed by atoms with Crippen molar-refractivity contribution in [2.75, 3.05) is 30.1 Å². The summed E-state index contributed by atoms with van der Waals surface area (Å²) in [6, 6.07) is 16.5. The predicted octanol–water partition coefficient (Wildman–Crippen LogP) is 4.63. The third-order valence-corrected chi connectivity index (χ3v) is 7.47. The number of aryl methyl sites for hydroxylation is 1. The van der Waals surface area contributed by atoms with Gasteiger partial charge < -0.3 is 10.2 Å². The maximum atomic E-state index is 12.5. The Kier molecular flexibility index (Phi) is 4.75. The molecule has 2 aromatic carbocycles. The molecule has 0 saturated heterocycles. The monoisotopic (exact) mass is 435 g/mol. The molecule has 1 aliphatic heterocycles. The Labute approximate surface area is 182 Å². The number of nitrogens with zero attached hydrogens (tertiary/aromatic N) is 4. The second-order valence-electron chi connectivity index (χ2n) is 7.45. The quantitative estimate of drug-likeness (QED) is 0.508. The number of amides is 1. The molecule has 0 bridgehead atoms. The standard InChI is InChI=1S/C22H21N5OS2/c1-13-19-20(14-8-10-15(11-9-14)26(2)3)29-12-18(28)24-21(19)27(25-13)22-23-16-6-4-5-7-17(16)30-22/h4-11,20H,12H2,1-3H3,(H,24,28)/t20-/m0/s1. The number of carbonyl (C=O) groups is 1. The fraction of sp³-hybridized carbons (Fsp3) is 0.227. The molecule has 0 fully saturated rings. The van der Waals surface area contributed by atoms with Crippen molar-refractivity contribution in [2.24, 2.45) is 0 Å². The molecule has 0 unspecified atom stereocenters. The van der Waals surface area contributed by atoms with Gasteiger partial charge in [0.05, 0.1) is 26.9 Å². The van der Waals surface area contributed by atoms with Crippen molar-refractivity contribution in [3.05, 3.63) is 65.4 Å². The molecule has 1 amide bonds. The zero-order valence-corrected chi connectivity index (χ0v) is 18.5. The Bertz CT molecular complexity index is 1210. The van der Waals surface area contributed by atoms with Gasteiger partial charge in [0, 0.05) is 25.3 Å². The van der Waals surface area contributed by atoms with Gasteiger partial charge in [0.1, 0.15) is 5.82 Å². The van der Waals surface area contributed by atoms with E-state index < -0.39 is 0 Å². The van der Waals surface area contributed by atoms with Gasteiger partial charge in [0.2, 0.25) is 11.0 Å². The number of rotatable bonds is 3. The van der Waals surface area contributed by atoms with Crippen molar-refractivity contribution < 1.29 is 4.79 Å². The summed E-state index contributed by atoms with van der Waals surface area (Å²) in [5, 5.41) is 8.65. The van der Waals surface area contributed by atoms with E-state index in [1.807, 2.05) is 39.2 Å². The van der Waals surface area contributed by atoms with E-state index in [0.29, 0.717) is 5.75 Å². The van der Waals surface area contributed by atoms with Crippen LogP contribution in [0.5, 0.6) is 0 Å². The van der Waals surface area contributed by atoms with Crippen LogP contribution in [0.25, 0.3) is 15.3 Å². The van der Waals surface area contributed by atoms with Crippen molar-refractivity contribution >= 4 is 50.7 Å². The molecule has 1 atom stereocenters. The van der Waals surface area contributed by atoms with Crippen LogP contribution in [-0.2, 0) is 4.79 Å². The summed E-state index contributed by atoms with van der Waals surface area (Å²) in [7, 11) is 4.06. The van der Waals surface area contributed by atoms with Crippen molar-refractivity contribution in [3.8, 4) is 5.13 Å². The van der Waals surface area contributed by atoms with Crippen LogP contribution < -0.4 is 10.2 Å². The number of thiazole rings is 1. The maximum absolute atomic E-state index is 12.5. The number of hydrogen-bond donors (Lipinski definition) is 1. The van der Waals surface area contributed by atoms with E-state index >= 15 is 0 Å². The fourth-order valence-corrected chi connectivity index (χ4v) is 5.80. The summed E-state index contributed by atoms with van der Waals surface area (Å²) in [5.41, 5.74) is 5.19. The van der Waals surface area contributed by atoms with Crippen LogP contribution in [0.15, 0.2) is 48.5 Å². The topological polar surface area (TPSA) is 63.1 Å². The smallest absolute Gasteiger partial charge is 0.235 e. The molecule has 4 aromatic rings.